The van der Waals surface area contributed by atoms with Gasteiger partial charge in [0.05, 0.1) is 12.7 Å². The molecular formula is C16H15ClO3. The van der Waals surface area contributed by atoms with Crippen molar-refractivity contribution in [1.82, 2.24) is 0 Å². The van der Waals surface area contributed by atoms with E-state index in [-0.39, 0.29) is 5.56 Å². The summed E-state index contributed by atoms with van der Waals surface area (Å²) in [7, 11) is 1.58. The molecule has 0 aliphatic rings. The lowest BCUT2D eigenvalue weighted by atomic mass is 9.93. The van der Waals surface area contributed by atoms with Gasteiger partial charge in [-0.1, -0.05) is 23.7 Å². The number of rotatable bonds is 3. The van der Waals surface area contributed by atoms with E-state index in [4.69, 9.17) is 16.3 Å². The van der Waals surface area contributed by atoms with Gasteiger partial charge in [0, 0.05) is 16.1 Å². The third-order valence-electron chi connectivity index (χ3n) is 3.14. The van der Waals surface area contributed by atoms with Crippen LogP contribution in [0.1, 0.15) is 21.5 Å². The van der Waals surface area contributed by atoms with E-state index >= 15 is 0 Å². The van der Waals surface area contributed by atoms with Crippen molar-refractivity contribution in [2.24, 2.45) is 0 Å². The Morgan fingerprint density at radius 2 is 1.90 bits per heavy atom. The number of carboxylic acids is 1. The van der Waals surface area contributed by atoms with Crippen LogP contribution < -0.4 is 4.74 Å². The summed E-state index contributed by atoms with van der Waals surface area (Å²) in [5.41, 5.74) is 3.59. The summed E-state index contributed by atoms with van der Waals surface area (Å²) in [5, 5.41) is 9.76. The fraction of sp³-hybridized carbons (Fsp3) is 0.188. The van der Waals surface area contributed by atoms with Crippen molar-refractivity contribution in [2.75, 3.05) is 7.11 Å². The van der Waals surface area contributed by atoms with E-state index in [9.17, 15) is 9.90 Å². The summed E-state index contributed by atoms with van der Waals surface area (Å²) in [6.07, 6.45) is 0. The molecule has 104 valence electrons. The average Bonchev–Trinajstić information content (AvgIpc) is 2.38. The number of benzene rings is 2. The lowest BCUT2D eigenvalue weighted by Crippen LogP contribution is -2.02. The monoisotopic (exact) mass is 290 g/mol. The predicted molar refractivity (Wildman–Crippen MR) is 79.9 cm³/mol. The lowest BCUT2D eigenvalue weighted by molar-refractivity contribution is 0.0697. The van der Waals surface area contributed by atoms with Gasteiger partial charge in [0.15, 0.2) is 0 Å². The highest BCUT2D eigenvalue weighted by Gasteiger charge is 2.18. The number of aromatic carboxylic acids is 1. The van der Waals surface area contributed by atoms with Gasteiger partial charge in [-0.3, -0.25) is 0 Å². The number of hydrogen-bond donors (Lipinski definition) is 1. The van der Waals surface area contributed by atoms with Crippen LogP contribution in [0.5, 0.6) is 5.75 Å². The topological polar surface area (TPSA) is 46.5 Å². The van der Waals surface area contributed by atoms with E-state index in [1.54, 1.807) is 19.2 Å². The van der Waals surface area contributed by atoms with Gasteiger partial charge in [0.2, 0.25) is 0 Å². The number of aryl methyl sites for hydroxylation is 2. The number of ether oxygens (including phenoxy) is 1. The summed E-state index contributed by atoms with van der Waals surface area (Å²) in [5.74, 6) is -0.350. The molecule has 0 saturated carbocycles. The SMILES string of the molecule is COc1cc(C)cc(C)c1-c1ccc(Cl)cc1C(=O)O. The summed E-state index contributed by atoms with van der Waals surface area (Å²) in [6.45, 7) is 3.91. The Hall–Kier alpha value is -2.00. The first kappa shape index (κ1) is 14.4. The van der Waals surface area contributed by atoms with Crippen LogP contribution in [-0.4, -0.2) is 18.2 Å². The number of methoxy groups -OCH3 is 1. The van der Waals surface area contributed by atoms with Crippen molar-refractivity contribution in [2.45, 2.75) is 13.8 Å². The first-order valence-corrected chi connectivity index (χ1v) is 6.50. The van der Waals surface area contributed by atoms with Gasteiger partial charge >= 0.3 is 5.97 Å². The first-order valence-electron chi connectivity index (χ1n) is 6.12. The second-order valence-electron chi connectivity index (χ2n) is 4.65. The van der Waals surface area contributed by atoms with Crippen molar-refractivity contribution < 1.29 is 14.6 Å². The van der Waals surface area contributed by atoms with Crippen molar-refractivity contribution in [1.29, 1.82) is 0 Å². The van der Waals surface area contributed by atoms with Crippen molar-refractivity contribution in [3.05, 3.63) is 52.0 Å². The minimum absolute atomic E-state index is 0.169. The largest absolute Gasteiger partial charge is 0.496 e. The van der Waals surface area contributed by atoms with E-state index < -0.39 is 5.97 Å². The molecule has 0 aromatic heterocycles. The molecule has 4 heteroatoms. The van der Waals surface area contributed by atoms with E-state index in [0.29, 0.717) is 16.3 Å². The Kier molecular flexibility index (Phi) is 4.00. The fourth-order valence-corrected chi connectivity index (χ4v) is 2.52. The third-order valence-corrected chi connectivity index (χ3v) is 3.38. The normalized spacial score (nSPS) is 10.4. The zero-order valence-corrected chi connectivity index (χ0v) is 12.3. The fourth-order valence-electron chi connectivity index (χ4n) is 2.35. The standard InChI is InChI=1S/C16H15ClO3/c1-9-6-10(2)15(14(7-9)20-3)12-5-4-11(17)8-13(12)16(18)19/h4-8H,1-3H3,(H,18,19). The molecule has 0 fully saturated rings. The molecule has 1 N–H and O–H groups in total. The highest BCUT2D eigenvalue weighted by Crippen LogP contribution is 2.37. The molecule has 0 heterocycles. The second kappa shape index (κ2) is 5.55. The zero-order valence-electron chi connectivity index (χ0n) is 11.5. The number of carboxylic acid groups (broad SMARTS) is 1. The molecule has 0 atom stereocenters. The van der Waals surface area contributed by atoms with E-state index in [1.807, 2.05) is 26.0 Å². The van der Waals surface area contributed by atoms with Crippen molar-refractivity contribution in [3.63, 3.8) is 0 Å². The van der Waals surface area contributed by atoms with Crippen LogP contribution in [0.2, 0.25) is 5.02 Å². The second-order valence-corrected chi connectivity index (χ2v) is 5.09. The van der Waals surface area contributed by atoms with Gasteiger partial charge in [0.1, 0.15) is 5.75 Å². The van der Waals surface area contributed by atoms with E-state index in [0.717, 1.165) is 16.7 Å². The zero-order chi connectivity index (χ0) is 14.9. The Morgan fingerprint density at radius 3 is 2.50 bits per heavy atom. The summed E-state index contributed by atoms with van der Waals surface area (Å²) in [4.78, 5) is 11.4. The minimum atomic E-state index is -1.01. The van der Waals surface area contributed by atoms with Crippen LogP contribution in [0.3, 0.4) is 0 Å². The maximum atomic E-state index is 11.4. The molecule has 0 spiro atoms. The molecule has 0 aliphatic carbocycles. The Balaban J connectivity index is 2.78. The van der Waals surface area contributed by atoms with Gasteiger partial charge < -0.3 is 9.84 Å². The van der Waals surface area contributed by atoms with Crippen LogP contribution in [0.4, 0.5) is 0 Å². The van der Waals surface area contributed by atoms with Gasteiger partial charge in [0.25, 0.3) is 0 Å². The first-order chi connectivity index (χ1) is 9.43. The number of halogens is 1. The molecule has 3 nitrogen and oxygen atoms in total. The molecule has 0 bridgehead atoms. The third kappa shape index (κ3) is 2.63. The Labute approximate surface area is 122 Å². The average molecular weight is 291 g/mol. The Bertz CT molecular complexity index is 678. The maximum Gasteiger partial charge on any atom is 0.336 e. The minimum Gasteiger partial charge on any atom is -0.496 e. The highest BCUT2D eigenvalue weighted by atomic mass is 35.5. The summed E-state index contributed by atoms with van der Waals surface area (Å²) in [6, 6.07) is 8.74. The van der Waals surface area contributed by atoms with Gasteiger partial charge in [-0.25, -0.2) is 4.79 Å². The molecule has 0 unspecified atom stereocenters. The van der Waals surface area contributed by atoms with E-state index in [1.165, 1.54) is 6.07 Å². The molecule has 0 saturated heterocycles. The van der Waals surface area contributed by atoms with Gasteiger partial charge in [-0.2, -0.15) is 0 Å². The molecule has 0 amide bonds. The molecule has 2 aromatic carbocycles. The van der Waals surface area contributed by atoms with Crippen LogP contribution in [0.25, 0.3) is 11.1 Å². The molecule has 0 aliphatic heterocycles. The summed E-state index contributed by atoms with van der Waals surface area (Å²) < 4.78 is 5.40. The van der Waals surface area contributed by atoms with E-state index in [2.05, 4.69) is 0 Å². The maximum absolute atomic E-state index is 11.4. The quantitative estimate of drug-likeness (QED) is 0.915. The van der Waals surface area contributed by atoms with Gasteiger partial charge in [-0.15, -0.1) is 0 Å². The highest BCUT2D eigenvalue weighted by molar-refractivity contribution is 6.31. The number of carbonyl (C=O) groups is 1. The van der Waals surface area contributed by atoms with Crippen LogP contribution >= 0.6 is 11.6 Å². The van der Waals surface area contributed by atoms with Gasteiger partial charge in [-0.05, 0) is 43.2 Å². The van der Waals surface area contributed by atoms with Crippen LogP contribution in [0.15, 0.2) is 30.3 Å². The molecule has 2 aromatic rings. The molecule has 20 heavy (non-hydrogen) atoms. The molecule has 0 radical (unpaired) electrons. The van der Waals surface area contributed by atoms with Crippen LogP contribution in [0, 0.1) is 13.8 Å². The van der Waals surface area contributed by atoms with Crippen LogP contribution in [-0.2, 0) is 0 Å². The molecular weight excluding hydrogens is 276 g/mol. The van der Waals surface area contributed by atoms with Crippen molar-refractivity contribution in [3.8, 4) is 16.9 Å². The smallest absolute Gasteiger partial charge is 0.336 e. The van der Waals surface area contributed by atoms with Crippen molar-refractivity contribution >= 4 is 17.6 Å². The Morgan fingerprint density at radius 1 is 1.20 bits per heavy atom. The number of hydrogen-bond acceptors (Lipinski definition) is 2. The lowest BCUT2D eigenvalue weighted by Gasteiger charge is -2.15. The summed E-state index contributed by atoms with van der Waals surface area (Å²) >= 11 is 5.89. The molecule has 2 rings (SSSR count). The predicted octanol–water partition coefficient (Wildman–Crippen LogP) is 4.33.